The van der Waals surface area contributed by atoms with E-state index in [1.165, 1.54) is 6.92 Å². The van der Waals surface area contributed by atoms with Crippen molar-refractivity contribution >= 4 is 18.0 Å². The van der Waals surface area contributed by atoms with E-state index in [4.69, 9.17) is 9.47 Å². The van der Waals surface area contributed by atoms with Crippen molar-refractivity contribution in [3.8, 4) is 11.1 Å². The number of ether oxygens (including phenoxy) is 2. The van der Waals surface area contributed by atoms with Crippen LogP contribution in [0.1, 0.15) is 30.4 Å². The molecule has 1 saturated heterocycles. The van der Waals surface area contributed by atoms with Crippen molar-refractivity contribution in [3.63, 3.8) is 0 Å². The zero-order valence-electron chi connectivity index (χ0n) is 19.1. The molecular formula is C25H26F2N2O6. The van der Waals surface area contributed by atoms with E-state index in [9.17, 15) is 28.3 Å². The van der Waals surface area contributed by atoms with E-state index >= 15 is 0 Å². The van der Waals surface area contributed by atoms with Crippen LogP contribution in [0.25, 0.3) is 11.1 Å². The first kappa shape index (κ1) is 24.6. The van der Waals surface area contributed by atoms with E-state index in [1.807, 2.05) is 48.5 Å². The lowest BCUT2D eigenvalue weighted by Gasteiger charge is -2.40. The summed E-state index contributed by atoms with van der Waals surface area (Å²) in [5.41, 5.74) is 2.22. The van der Waals surface area contributed by atoms with Crippen molar-refractivity contribution in [1.82, 2.24) is 10.2 Å². The van der Waals surface area contributed by atoms with Crippen LogP contribution in [0.4, 0.5) is 13.6 Å². The summed E-state index contributed by atoms with van der Waals surface area (Å²) in [6.07, 6.45) is -4.52. The van der Waals surface area contributed by atoms with Gasteiger partial charge in [-0.15, -0.1) is 0 Å². The van der Waals surface area contributed by atoms with Crippen LogP contribution >= 0.6 is 0 Å². The van der Waals surface area contributed by atoms with Crippen LogP contribution in [0.15, 0.2) is 48.5 Å². The molecular weight excluding hydrogens is 462 g/mol. The first-order valence-corrected chi connectivity index (χ1v) is 11.2. The smallest absolute Gasteiger partial charge is 0.407 e. The predicted molar refractivity (Wildman–Crippen MR) is 121 cm³/mol. The maximum Gasteiger partial charge on any atom is 0.407 e. The SMILES string of the molecule is CC1(C(F)F)CN(C(=O)C(CC(=O)O)NC(=O)OCC2c3ccccc3-c3ccccc32)CCO1. The second kappa shape index (κ2) is 9.99. The number of alkyl halides is 2. The van der Waals surface area contributed by atoms with Gasteiger partial charge in [-0.2, -0.15) is 0 Å². The molecule has 35 heavy (non-hydrogen) atoms. The molecule has 0 aromatic heterocycles. The summed E-state index contributed by atoms with van der Waals surface area (Å²) in [6, 6.07) is 14.1. The fraction of sp³-hybridized carbons (Fsp3) is 0.400. The molecule has 10 heteroatoms. The maximum absolute atomic E-state index is 13.4. The average Bonchev–Trinajstić information content (AvgIpc) is 3.15. The Balaban J connectivity index is 1.43. The van der Waals surface area contributed by atoms with Gasteiger partial charge in [-0.25, -0.2) is 13.6 Å². The Hall–Kier alpha value is -3.53. The van der Waals surface area contributed by atoms with E-state index in [1.54, 1.807) is 0 Å². The highest BCUT2D eigenvalue weighted by atomic mass is 19.3. The van der Waals surface area contributed by atoms with Crippen LogP contribution in [0.3, 0.4) is 0 Å². The van der Waals surface area contributed by atoms with Crippen LogP contribution in [0, 0.1) is 0 Å². The number of fused-ring (bicyclic) bond motifs is 3. The molecule has 2 N–H and O–H groups in total. The number of nitrogens with one attached hydrogen (secondary N) is 1. The number of hydrogen-bond donors (Lipinski definition) is 2. The highest BCUT2D eigenvalue weighted by molar-refractivity contribution is 5.89. The molecule has 1 heterocycles. The number of nitrogens with zero attached hydrogens (tertiary/aromatic N) is 1. The number of benzene rings is 2. The van der Waals surface area contributed by atoms with Crippen molar-refractivity contribution in [1.29, 1.82) is 0 Å². The Kier molecular flexibility index (Phi) is 7.02. The summed E-state index contributed by atoms with van der Waals surface area (Å²) >= 11 is 0. The van der Waals surface area contributed by atoms with Crippen LogP contribution in [0.5, 0.6) is 0 Å². The Labute approximate surface area is 200 Å². The van der Waals surface area contributed by atoms with Gasteiger partial charge >= 0.3 is 12.1 Å². The van der Waals surface area contributed by atoms with E-state index in [0.717, 1.165) is 27.2 Å². The number of carbonyl (C=O) groups excluding carboxylic acids is 2. The molecule has 2 aliphatic rings. The molecule has 2 unspecified atom stereocenters. The minimum atomic E-state index is -2.84. The Morgan fingerprint density at radius 2 is 1.74 bits per heavy atom. The van der Waals surface area contributed by atoms with E-state index in [0.29, 0.717) is 0 Å². The Bertz CT molecular complexity index is 1080. The van der Waals surface area contributed by atoms with Crippen LogP contribution in [0.2, 0.25) is 0 Å². The van der Waals surface area contributed by atoms with E-state index in [-0.39, 0.29) is 25.7 Å². The number of carboxylic acid groups (broad SMARTS) is 1. The van der Waals surface area contributed by atoms with Gasteiger partial charge in [0.2, 0.25) is 5.91 Å². The fourth-order valence-electron chi connectivity index (χ4n) is 4.59. The van der Waals surface area contributed by atoms with Crippen LogP contribution < -0.4 is 5.32 Å². The molecule has 2 atom stereocenters. The first-order valence-electron chi connectivity index (χ1n) is 11.2. The molecule has 2 amide bonds. The van der Waals surface area contributed by atoms with Gasteiger partial charge < -0.3 is 24.8 Å². The monoisotopic (exact) mass is 488 g/mol. The summed E-state index contributed by atoms with van der Waals surface area (Å²) in [5.74, 6) is -2.32. The molecule has 1 aliphatic heterocycles. The average molecular weight is 488 g/mol. The van der Waals surface area contributed by atoms with E-state index < -0.39 is 49.0 Å². The number of aliphatic carboxylic acids is 1. The lowest BCUT2D eigenvalue weighted by molar-refractivity contribution is -0.179. The molecule has 2 aromatic carbocycles. The molecule has 0 saturated carbocycles. The number of carbonyl (C=O) groups is 3. The Morgan fingerprint density at radius 3 is 2.31 bits per heavy atom. The molecule has 1 fully saturated rings. The fourth-order valence-corrected chi connectivity index (χ4v) is 4.59. The third kappa shape index (κ3) is 5.12. The maximum atomic E-state index is 13.4. The molecule has 0 spiro atoms. The van der Waals surface area contributed by atoms with Gasteiger partial charge in [-0.05, 0) is 29.2 Å². The number of alkyl carbamates (subject to hydrolysis) is 1. The molecule has 8 nitrogen and oxygen atoms in total. The second-order valence-electron chi connectivity index (χ2n) is 8.84. The van der Waals surface area contributed by atoms with Gasteiger partial charge in [0.1, 0.15) is 18.2 Å². The van der Waals surface area contributed by atoms with E-state index in [2.05, 4.69) is 5.32 Å². The molecule has 1 aliphatic carbocycles. The number of halogens is 2. The van der Waals surface area contributed by atoms with Gasteiger partial charge in [0.25, 0.3) is 6.43 Å². The minimum Gasteiger partial charge on any atom is -0.481 e. The van der Waals surface area contributed by atoms with Crippen molar-refractivity contribution in [2.75, 3.05) is 26.3 Å². The van der Waals surface area contributed by atoms with Crippen LogP contribution in [-0.4, -0.2) is 72.3 Å². The van der Waals surface area contributed by atoms with Crippen molar-refractivity contribution < 1.29 is 37.7 Å². The lowest BCUT2D eigenvalue weighted by Crippen LogP contribution is -2.59. The topological polar surface area (TPSA) is 105 Å². The number of rotatable bonds is 7. The summed E-state index contributed by atoms with van der Waals surface area (Å²) in [4.78, 5) is 38.0. The van der Waals surface area contributed by atoms with Crippen molar-refractivity contribution in [3.05, 3.63) is 59.7 Å². The normalized spacial score (nSPS) is 20.2. The van der Waals surface area contributed by atoms with Gasteiger partial charge in [-0.3, -0.25) is 9.59 Å². The van der Waals surface area contributed by atoms with Gasteiger partial charge in [0.15, 0.2) is 0 Å². The molecule has 0 radical (unpaired) electrons. The van der Waals surface area contributed by atoms with Gasteiger partial charge in [0.05, 0.1) is 19.6 Å². The summed E-state index contributed by atoms with van der Waals surface area (Å²) in [5, 5.41) is 11.6. The molecule has 2 aromatic rings. The van der Waals surface area contributed by atoms with Crippen molar-refractivity contribution in [2.45, 2.75) is 37.3 Å². The van der Waals surface area contributed by atoms with Crippen molar-refractivity contribution in [2.24, 2.45) is 0 Å². The van der Waals surface area contributed by atoms with Crippen LogP contribution in [-0.2, 0) is 19.1 Å². The molecule has 0 bridgehead atoms. The predicted octanol–water partition coefficient (Wildman–Crippen LogP) is 3.25. The Morgan fingerprint density at radius 1 is 1.14 bits per heavy atom. The largest absolute Gasteiger partial charge is 0.481 e. The summed E-state index contributed by atoms with van der Waals surface area (Å²) in [6.45, 7) is 0.615. The molecule has 4 rings (SSSR count). The lowest BCUT2D eigenvalue weighted by atomic mass is 9.98. The van der Waals surface area contributed by atoms with Gasteiger partial charge in [0, 0.05) is 12.5 Å². The number of carboxylic acids is 1. The highest BCUT2D eigenvalue weighted by Crippen LogP contribution is 2.44. The van der Waals surface area contributed by atoms with Gasteiger partial charge in [-0.1, -0.05) is 48.5 Å². The number of hydrogen-bond acceptors (Lipinski definition) is 5. The zero-order chi connectivity index (χ0) is 25.2. The third-order valence-electron chi connectivity index (χ3n) is 6.38. The third-order valence-corrected chi connectivity index (χ3v) is 6.38. The number of morpholine rings is 1. The minimum absolute atomic E-state index is 0.00360. The summed E-state index contributed by atoms with van der Waals surface area (Å²) in [7, 11) is 0. The highest BCUT2D eigenvalue weighted by Gasteiger charge is 2.43. The first-order chi connectivity index (χ1) is 16.7. The quantitative estimate of drug-likeness (QED) is 0.620. The molecule has 186 valence electrons. The summed E-state index contributed by atoms with van der Waals surface area (Å²) < 4.78 is 37.3. The standard InChI is InChI=1S/C25H26F2N2O6/c1-25(23(26)27)14-29(10-11-35-25)22(32)20(12-21(30)31)28-24(33)34-13-19-17-8-4-2-6-15(17)16-7-3-5-9-18(16)19/h2-9,19-20,23H,10-14H2,1H3,(H,28,33)(H,30,31). The second-order valence-corrected chi connectivity index (χ2v) is 8.84. The number of amides is 2. The zero-order valence-corrected chi connectivity index (χ0v) is 19.1.